The van der Waals surface area contributed by atoms with E-state index in [1.54, 1.807) is 30.3 Å². The average molecular weight is 505 g/mol. The zero-order valence-corrected chi connectivity index (χ0v) is 21.5. The number of benzene rings is 2. The summed E-state index contributed by atoms with van der Waals surface area (Å²) in [5, 5.41) is 11.3. The van der Waals surface area contributed by atoms with Gasteiger partial charge in [0.25, 0.3) is 0 Å². The number of hydrogen-bond donors (Lipinski definition) is 1. The topological polar surface area (TPSA) is 82.1 Å². The van der Waals surface area contributed by atoms with E-state index in [4.69, 9.17) is 21.1 Å². The normalized spacial score (nSPS) is 12.6. The maximum atomic E-state index is 12.8. The summed E-state index contributed by atoms with van der Waals surface area (Å²) < 4.78 is 16.2. The van der Waals surface area contributed by atoms with Gasteiger partial charge in [-0.15, -0.1) is 0 Å². The van der Waals surface area contributed by atoms with E-state index in [1.165, 1.54) is 38.9 Å². The number of aliphatic hydroxyl groups is 1. The maximum Gasteiger partial charge on any atom is 0.338 e. The number of rotatable bonds is 16. The molecule has 2 unspecified atom stereocenters. The molecule has 0 aromatic heterocycles. The fourth-order valence-electron chi connectivity index (χ4n) is 3.70. The third-order valence-electron chi connectivity index (χ3n) is 5.73. The van der Waals surface area contributed by atoms with E-state index in [0.29, 0.717) is 29.2 Å². The van der Waals surface area contributed by atoms with Gasteiger partial charge < -0.3 is 19.3 Å². The second kappa shape index (κ2) is 16.2. The van der Waals surface area contributed by atoms with Gasteiger partial charge in [0.1, 0.15) is 5.75 Å². The quantitative estimate of drug-likeness (QED) is 0.203. The minimum atomic E-state index is -1.00. The van der Waals surface area contributed by atoms with Crippen molar-refractivity contribution in [3.63, 3.8) is 0 Å². The highest BCUT2D eigenvalue weighted by Crippen LogP contribution is 2.28. The summed E-state index contributed by atoms with van der Waals surface area (Å²) in [6, 6.07) is 13.7. The Morgan fingerprint density at radius 3 is 2.37 bits per heavy atom. The van der Waals surface area contributed by atoms with Crippen LogP contribution >= 0.6 is 11.6 Å². The molecule has 2 aromatic rings. The minimum absolute atomic E-state index is 0.174. The lowest BCUT2D eigenvalue weighted by Gasteiger charge is -2.24. The van der Waals surface area contributed by atoms with Crippen LogP contribution in [0.25, 0.3) is 0 Å². The molecular formula is C28H37ClO6. The summed E-state index contributed by atoms with van der Waals surface area (Å²) >= 11 is 6.00. The summed E-state index contributed by atoms with van der Waals surface area (Å²) in [7, 11) is 1.32. The first-order chi connectivity index (χ1) is 16.9. The van der Waals surface area contributed by atoms with Crippen molar-refractivity contribution in [2.45, 2.75) is 76.9 Å². The van der Waals surface area contributed by atoms with Gasteiger partial charge in [-0.05, 0) is 55.2 Å². The van der Waals surface area contributed by atoms with Crippen molar-refractivity contribution in [2.24, 2.45) is 0 Å². The van der Waals surface area contributed by atoms with Crippen molar-refractivity contribution in [1.82, 2.24) is 0 Å². The van der Waals surface area contributed by atoms with Crippen LogP contribution in [0.1, 0.15) is 86.7 Å². The van der Waals surface area contributed by atoms with Crippen molar-refractivity contribution in [1.29, 1.82) is 0 Å². The molecule has 0 radical (unpaired) electrons. The molecule has 1 N–H and O–H groups in total. The van der Waals surface area contributed by atoms with Crippen LogP contribution < -0.4 is 4.74 Å². The first kappa shape index (κ1) is 28.7. The largest absolute Gasteiger partial charge is 0.494 e. The molecule has 0 aliphatic carbocycles. The molecule has 35 heavy (non-hydrogen) atoms. The Bertz CT molecular complexity index is 899. The molecule has 7 heteroatoms. The first-order valence-corrected chi connectivity index (χ1v) is 12.8. The Morgan fingerprint density at radius 2 is 1.69 bits per heavy atom. The predicted molar refractivity (Wildman–Crippen MR) is 137 cm³/mol. The number of aliphatic hydroxyl groups excluding tert-OH is 1. The number of carbonyl (C=O) groups excluding carboxylic acids is 2. The van der Waals surface area contributed by atoms with Gasteiger partial charge >= 0.3 is 11.9 Å². The highest BCUT2D eigenvalue weighted by atomic mass is 35.5. The van der Waals surface area contributed by atoms with E-state index in [-0.39, 0.29) is 18.8 Å². The Kier molecular flexibility index (Phi) is 13.2. The smallest absolute Gasteiger partial charge is 0.338 e. The molecule has 0 aliphatic rings. The molecule has 2 rings (SSSR count). The Balaban J connectivity index is 2.01. The van der Waals surface area contributed by atoms with Gasteiger partial charge in [0, 0.05) is 11.4 Å². The second-order valence-corrected chi connectivity index (χ2v) is 8.99. The Morgan fingerprint density at radius 1 is 0.971 bits per heavy atom. The van der Waals surface area contributed by atoms with Gasteiger partial charge in [-0.3, -0.25) is 4.79 Å². The van der Waals surface area contributed by atoms with E-state index in [2.05, 4.69) is 11.7 Å². The second-order valence-electron chi connectivity index (χ2n) is 8.56. The number of halogens is 1. The van der Waals surface area contributed by atoms with E-state index in [0.717, 1.165) is 18.6 Å². The summed E-state index contributed by atoms with van der Waals surface area (Å²) in [4.78, 5) is 24.2. The van der Waals surface area contributed by atoms with Gasteiger partial charge in [-0.25, -0.2) is 4.79 Å². The maximum absolute atomic E-state index is 12.8. The number of carbonyl (C=O) groups is 2. The summed E-state index contributed by atoms with van der Waals surface area (Å²) in [5.41, 5.74) is 0.931. The van der Waals surface area contributed by atoms with Crippen LogP contribution in [0.3, 0.4) is 0 Å². The van der Waals surface area contributed by atoms with Crippen LogP contribution in [0, 0.1) is 0 Å². The number of unbranched alkanes of at least 4 members (excludes halogenated alkanes) is 5. The van der Waals surface area contributed by atoms with E-state index in [1.807, 2.05) is 12.1 Å². The van der Waals surface area contributed by atoms with Crippen molar-refractivity contribution >= 4 is 23.5 Å². The molecule has 2 aromatic carbocycles. The Hall–Kier alpha value is -2.57. The van der Waals surface area contributed by atoms with Crippen LogP contribution in [0.15, 0.2) is 48.5 Å². The third kappa shape index (κ3) is 10.7. The highest BCUT2D eigenvalue weighted by molar-refractivity contribution is 6.30. The zero-order valence-electron chi connectivity index (χ0n) is 20.7. The third-order valence-corrected chi connectivity index (χ3v) is 5.96. The first-order valence-electron chi connectivity index (χ1n) is 12.4. The molecule has 0 aliphatic heterocycles. The standard InChI is InChI=1S/C28H37ClO6/c1-3-4-5-6-7-8-19-34-24-17-15-21(16-18-24)27(25(30)13-10-14-26(31)33-2)35-28(32)22-11-9-12-23(29)20-22/h9,11-12,15-18,20,25,27,30H,3-8,10,13-14,19H2,1-2H3. The molecule has 0 saturated heterocycles. The van der Waals surface area contributed by atoms with Crippen LogP contribution in [-0.4, -0.2) is 36.9 Å². The number of hydrogen-bond acceptors (Lipinski definition) is 6. The van der Waals surface area contributed by atoms with Crippen LogP contribution in [-0.2, 0) is 14.3 Å². The van der Waals surface area contributed by atoms with Crippen molar-refractivity contribution < 1.29 is 28.9 Å². The Labute approximate surface area is 213 Å². The SMILES string of the molecule is CCCCCCCCOc1ccc(C(OC(=O)c2cccc(Cl)c2)C(O)CCCC(=O)OC)cc1. The lowest BCUT2D eigenvalue weighted by atomic mass is 9.99. The molecule has 0 heterocycles. The number of methoxy groups -OCH3 is 1. The summed E-state index contributed by atoms with van der Waals surface area (Å²) in [6.45, 7) is 2.85. The van der Waals surface area contributed by atoms with Gasteiger partial charge in [-0.2, -0.15) is 0 Å². The zero-order chi connectivity index (χ0) is 25.5. The van der Waals surface area contributed by atoms with Crippen LogP contribution in [0.5, 0.6) is 5.75 Å². The van der Waals surface area contributed by atoms with Gasteiger partial charge in [-0.1, -0.05) is 68.8 Å². The molecule has 192 valence electrons. The van der Waals surface area contributed by atoms with Gasteiger partial charge in [0.05, 0.1) is 25.4 Å². The molecular weight excluding hydrogens is 468 g/mol. The van der Waals surface area contributed by atoms with Crippen molar-refractivity contribution in [2.75, 3.05) is 13.7 Å². The van der Waals surface area contributed by atoms with Crippen LogP contribution in [0.4, 0.5) is 0 Å². The predicted octanol–water partition coefficient (Wildman–Crippen LogP) is 6.68. The van der Waals surface area contributed by atoms with E-state index >= 15 is 0 Å². The van der Waals surface area contributed by atoms with Gasteiger partial charge in [0.15, 0.2) is 6.10 Å². The lowest BCUT2D eigenvalue weighted by molar-refractivity contribution is -0.140. The fourth-order valence-corrected chi connectivity index (χ4v) is 3.89. The molecule has 0 bridgehead atoms. The van der Waals surface area contributed by atoms with E-state index in [9.17, 15) is 14.7 Å². The molecule has 0 amide bonds. The average Bonchev–Trinajstić information content (AvgIpc) is 2.86. The van der Waals surface area contributed by atoms with E-state index < -0.39 is 18.2 Å². The monoisotopic (exact) mass is 504 g/mol. The van der Waals surface area contributed by atoms with Crippen LogP contribution in [0.2, 0.25) is 5.02 Å². The molecule has 0 spiro atoms. The lowest BCUT2D eigenvalue weighted by Crippen LogP contribution is -2.24. The van der Waals surface area contributed by atoms with Crippen molar-refractivity contribution in [3.05, 3.63) is 64.7 Å². The fraction of sp³-hybridized carbons (Fsp3) is 0.500. The van der Waals surface area contributed by atoms with Crippen molar-refractivity contribution in [3.8, 4) is 5.75 Å². The molecule has 6 nitrogen and oxygen atoms in total. The highest BCUT2D eigenvalue weighted by Gasteiger charge is 2.26. The summed E-state index contributed by atoms with van der Waals surface area (Å²) in [6.07, 6.45) is 6.08. The molecule has 0 saturated carbocycles. The molecule has 0 fully saturated rings. The number of ether oxygens (including phenoxy) is 3. The molecule has 2 atom stereocenters. The van der Waals surface area contributed by atoms with Gasteiger partial charge in [0.2, 0.25) is 0 Å². The number of esters is 2. The summed E-state index contributed by atoms with van der Waals surface area (Å²) in [5.74, 6) is -0.216. The minimum Gasteiger partial charge on any atom is -0.494 e.